The molecule has 27 heavy (non-hydrogen) atoms. The molecule has 5 heteroatoms. The molecule has 0 amide bonds. The van der Waals surface area contributed by atoms with Gasteiger partial charge in [-0.2, -0.15) is 0 Å². The summed E-state index contributed by atoms with van der Waals surface area (Å²) in [6.45, 7) is 5.46. The zero-order chi connectivity index (χ0) is 18.5. The van der Waals surface area contributed by atoms with E-state index in [0.29, 0.717) is 5.75 Å². The Kier molecular flexibility index (Phi) is 5.90. The van der Waals surface area contributed by atoms with Crippen LogP contribution in [0.25, 0.3) is 10.2 Å². The van der Waals surface area contributed by atoms with Crippen LogP contribution in [0.4, 0.5) is 5.69 Å². The van der Waals surface area contributed by atoms with Gasteiger partial charge in [-0.05, 0) is 43.5 Å². The number of rotatable bonds is 7. The van der Waals surface area contributed by atoms with Crippen molar-refractivity contribution in [3.8, 4) is 5.75 Å². The summed E-state index contributed by atoms with van der Waals surface area (Å²) in [5.74, 6) is 0.338. The highest BCUT2D eigenvalue weighted by atomic mass is 32.1. The van der Waals surface area contributed by atoms with Crippen molar-refractivity contribution in [1.82, 2.24) is 9.88 Å². The lowest BCUT2D eigenvalue weighted by atomic mass is 10.1. The van der Waals surface area contributed by atoms with E-state index in [0.717, 1.165) is 42.1 Å². The van der Waals surface area contributed by atoms with Gasteiger partial charge in [-0.15, -0.1) is 11.3 Å². The first-order valence-electron chi connectivity index (χ1n) is 9.87. The minimum atomic E-state index is 0.338. The summed E-state index contributed by atoms with van der Waals surface area (Å²) >= 11 is 1.51. The maximum Gasteiger partial charge on any atom is 0.135 e. The van der Waals surface area contributed by atoms with Crippen LogP contribution in [0, 0.1) is 0 Å². The van der Waals surface area contributed by atoms with Gasteiger partial charge in [-0.3, -0.25) is 4.90 Å². The number of phenols is 1. The Morgan fingerprint density at radius 1 is 0.926 bits per heavy atom. The van der Waals surface area contributed by atoms with Crippen LogP contribution in [-0.2, 0) is 6.42 Å². The van der Waals surface area contributed by atoms with E-state index >= 15 is 0 Å². The largest absolute Gasteiger partial charge is 0.506 e. The Balaban J connectivity index is 1.21. The van der Waals surface area contributed by atoms with E-state index in [2.05, 4.69) is 45.1 Å². The molecular formula is C22H27N3OS. The summed E-state index contributed by atoms with van der Waals surface area (Å²) in [6, 6.07) is 14.6. The summed E-state index contributed by atoms with van der Waals surface area (Å²) in [7, 11) is 0. The number of phenolic OH excluding ortho intramolecular Hbond substituents is 1. The van der Waals surface area contributed by atoms with Crippen LogP contribution in [0.2, 0.25) is 0 Å². The van der Waals surface area contributed by atoms with E-state index in [1.54, 1.807) is 6.07 Å². The van der Waals surface area contributed by atoms with Gasteiger partial charge in [0.1, 0.15) is 11.3 Å². The number of thiazole rings is 1. The summed E-state index contributed by atoms with van der Waals surface area (Å²) in [6.07, 6.45) is 5.05. The average Bonchev–Trinajstić information content (AvgIpc) is 3.20. The first-order valence-corrected chi connectivity index (χ1v) is 10.8. The molecule has 142 valence electrons. The van der Waals surface area contributed by atoms with Gasteiger partial charge in [0.2, 0.25) is 0 Å². The zero-order valence-electron chi connectivity index (χ0n) is 15.7. The minimum absolute atomic E-state index is 0.338. The van der Waals surface area contributed by atoms with Crippen LogP contribution in [0.5, 0.6) is 5.75 Å². The van der Waals surface area contributed by atoms with Crippen LogP contribution in [0.15, 0.2) is 48.0 Å². The van der Waals surface area contributed by atoms with Gasteiger partial charge in [-0.25, -0.2) is 4.98 Å². The summed E-state index contributed by atoms with van der Waals surface area (Å²) in [4.78, 5) is 9.46. The molecule has 0 aliphatic carbocycles. The van der Waals surface area contributed by atoms with Crippen molar-refractivity contribution >= 4 is 27.2 Å². The second-order valence-electron chi connectivity index (χ2n) is 7.26. The van der Waals surface area contributed by atoms with Gasteiger partial charge in [0.15, 0.2) is 0 Å². The zero-order valence-corrected chi connectivity index (χ0v) is 16.5. The fraction of sp³-hybridized carbons (Fsp3) is 0.409. The molecule has 0 saturated carbocycles. The van der Waals surface area contributed by atoms with Crippen molar-refractivity contribution < 1.29 is 5.11 Å². The van der Waals surface area contributed by atoms with E-state index in [1.807, 2.05) is 11.6 Å². The average molecular weight is 382 g/mol. The molecule has 4 rings (SSSR count). The van der Waals surface area contributed by atoms with Crippen molar-refractivity contribution in [2.24, 2.45) is 0 Å². The van der Waals surface area contributed by atoms with Gasteiger partial charge in [0.25, 0.3) is 0 Å². The molecule has 1 fully saturated rings. The lowest BCUT2D eigenvalue weighted by Gasteiger charge is -2.36. The SMILES string of the molecule is Oc1ccc(N2CCN(CCCCCc3ccccc3)CC2)c2ncsc12. The molecule has 1 aromatic heterocycles. The van der Waals surface area contributed by atoms with Crippen LogP contribution < -0.4 is 4.90 Å². The van der Waals surface area contributed by atoms with Crippen molar-refractivity contribution in [3.05, 3.63) is 53.5 Å². The highest BCUT2D eigenvalue weighted by Gasteiger charge is 2.20. The Morgan fingerprint density at radius 2 is 1.74 bits per heavy atom. The molecule has 4 nitrogen and oxygen atoms in total. The second kappa shape index (κ2) is 8.72. The first kappa shape index (κ1) is 18.3. The Labute approximate surface area is 165 Å². The molecule has 2 heterocycles. The van der Waals surface area contributed by atoms with Gasteiger partial charge >= 0.3 is 0 Å². The highest BCUT2D eigenvalue weighted by Crippen LogP contribution is 2.35. The standard InChI is InChI=1S/C22H27N3OS/c26-20-11-10-19(21-22(20)27-17-23-21)25-15-13-24(14-16-25)12-6-2-5-9-18-7-3-1-4-8-18/h1,3-4,7-8,10-11,17,26H,2,5-6,9,12-16H2. The van der Waals surface area contributed by atoms with E-state index in [1.165, 1.54) is 49.1 Å². The molecule has 1 N–H and O–H groups in total. The fourth-order valence-electron chi connectivity index (χ4n) is 3.88. The second-order valence-corrected chi connectivity index (χ2v) is 8.11. The third-order valence-corrected chi connectivity index (χ3v) is 6.29. The molecule has 1 aliphatic heterocycles. The molecule has 0 spiro atoms. The maximum atomic E-state index is 9.98. The summed E-state index contributed by atoms with van der Waals surface area (Å²) < 4.78 is 0.897. The molecule has 1 saturated heterocycles. The molecule has 3 aromatic rings. The number of aromatic hydroxyl groups is 1. The van der Waals surface area contributed by atoms with Gasteiger partial charge in [0.05, 0.1) is 15.9 Å². The Hall–Kier alpha value is -2.11. The van der Waals surface area contributed by atoms with Crippen LogP contribution in [0.3, 0.4) is 0 Å². The van der Waals surface area contributed by atoms with Crippen molar-refractivity contribution in [1.29, 1.82) is 0 Å². The number of unbranched alkanes of at least 4 members (excludes halogenated alkanes) is 2. The number of aryl methyl sites for hydroxylation is 1. The number of benzene rings is 2. The number of aromatic nitrogens is 1. The van der Waals surface area contributed by atoms with E-state index < -0.39 is 0 Å². The van der Waals surface area contributed by atoms with E-state index in [-0.39, 0.29) is 0 Å². The number of nitrogens with zero attached hydrogens (tertiary/aromatic N) is 3. The van der Waals surface area contributed by atoms with Crippen LogP contribution in [0.1, 0.15) is 24.8 Å². The third kappa shape index (κ3) is 4.42. The number of fused-ring (bicyclic) bond motifs is 1. The predicted molar refractivity (Wildman–Crippen MR) is 114 cm³/mol. The minimum Gasteiger partial charge on any atom is -0.506 e. The Bertz CT molecular complexity index is 856. The number of piperazine rings is 1. The summed E-state index contributed by atoms with van der Waals surface area (Å²) in [5, 5.41) is 9.98. The topological polar surface area (TPSA) is 39.6 Å². The molecule has 0 atom stereocenters. The van der Waals surface area contributed by atoms with Crippen LogP contribution >= 0.6 is 11.3 Å². The first-order chi connectivity index (χ1) is 13.3. The van der Waals surface area contributed by atoms with Crippen molar-refractivity contribution in [2.75, 3.05) is 37.6 Å². The maximum absolute atomic E-state index is 9.98. The lowest BCUT2D eigenvalue weighted by molar-refractivity contribution is 0.252. The number of hydrogen-bond acceptors (Lipinski definition) is 5. The van der Waals surface area contributed by atoms with E-state index in [9.17, 15) is 5.11 Å². The van der Waals surface area contributed by atoms with Gasteiger partial charge in [0, 0.05) is 26.2 Å². The van der Waals surface area contributed by atoms with E-state index in [4.69, 9.17) is 0 Å². The third-order valence-electron chi connectivity index (χ3n) is 5.44. The van der Waals surface area contributed by atoms with Gasteiger partial charge < -0.3 is 10.0 Å². The number of anilines is 1. The van der Waals surface area contributed by atoms with Crippen LogP contribution in [-0.4, -0.2) is 47.7 Å². The van der Waals surface area contributed by atoms with Gasteiger partial charge in [-0.1, -0.05) is 36.8 Å². The van der Waals surface area contributed by atoms with Crippen molar-refractivity contribution in [3.63, 3.8) is 0 Å². The molecule has 0 bridgehead atoms. The number of hydrogen-bond donors (Lipinski definition) is 1. The molecule has 2 aromatic carbocycles. The highest BCUT2D eigenvalue weighted by molar-refractivity contribution is 7.17. The summed E-state index contributed by atoms with van der Waals surface area (Å²) in [5.41, 5.74) is 5.37. The fourth-order valence-corrected chi connectivity index (χ4v) is 4.60. The molecule has 0 radical (unpaired) electrons. The lowest BCUT2D eigenvalue weighted by Crippen LogP contribution is -2.46. The molecule has 0 unspecified atom stereocenters. The molecular weight excluding hydrogens is 354 g/mol. The predicted octanol–water partition coefficient (Wildman–Crippen LogP) is 4.54. The smallest absolute Gasteiger partial charge is 0.135 e. The normalized spacial score (nSPS) is 15.5. The quantitative estimate of drug-likeness (QED) is 0.610. The monoisotopic (exact) mass is 381 g/mol. The van der Waals surface area contributed by atoms with Crippen molar-refractivity contribution in [2.45, 2.75) is 25.7 Å². The Morgan fingerprint density at radius 3 is 2.56 bits per heavy atom. The molecule has 1 aliphatic rings.